The summed E-state index contributed by atoms with van der Waals surface area (Å²) in [5, 5.41) is 0.0366. The van der Waals surface area contributed by atoms with Crippen molar-refractivity contribution < 1.29 is 23.0 Å². The van der Waals surface area contributed by atoms with E-state index < -0.39 is 23.3 Å². The molecule has 1 fully saturated rings. The van der Waals surface area contributed by atoms with Crippen molar-refractivity contribution in [2.45, 2.75) is 6.92 Å². The molecule has 1 N–H and O–H groups in total. The van der Waals surface area contributed by atoms with E-state index in [1.165, 1.54) is 17.3 Å². The van der Waals surface area contributed by atoms with Gasteiger partial charge in [0.15, 0.2) is 23.2 Å². The van der Waals surface area contributed by atoms with Gasteiger partial charge >= 0.3 is 0 Å². The maximum atomic E-state index is 15.4. The molecule has 12 heteroatoms. The van der Waals surface area contributed by atoms with E-state index in [2.05, 4.69) is 31.8 Å². The van der Waals surface area contributed by atoms with Crippen LogP contribution in [0.1, 0.15) is 16.1 Å². The summed E-state index contributed by atoms with van der Waals surface area (Å²) in [6, 6.07) is 8.27. The first-order valence-electron chi connectivity index (χ1n) is 13.2. The van der Waals surface area contributed by atoms with Crippen LogP contribution in [-0.2, 0) is 0 Å². The van der Waals surface area contributed by atoms with Crippen LogP contribution in [0.2, 0.25) is 0 Å². The van der Waals surface area contributed by atoms with E-state index >= 15 is 4.39 Å². The Balaban J connectivity index is 1.56. The fourth-order valence-corrected chi connectivity index (χ4v) is 4.93. The number of nitrogens with one attached hydrogen (secondary N) is 1. The number of carbonyl (C=O) groups is 1. The highest BCUT2D eigenvalue weighted by molar-refractivity contribution is 6.02. The minimum atomic E-state index is -0.774. The number of likely N-dealkylation sites (N-methyl/N-ethyl adjacent to an activating group) is 1. The second kappa shape index (κ2) is 11.2. The molecule has 0 spiro atoms. The molecule has 5 rings (SSSR count). The van der Waals surface area contributed by atoms with Crippen LogP contribution in [0.4, 0.5) is 26.0 Å². The molecule has 0 bridgehead atoms. The fourth-order valence-electron chi connectivity index (χ4n) is 4.93. The number of aryl methyl sites for hydroxylation is 1. The first kappa shape index (κ1) is 28.1. The fraction of sp³-hybridized carbons (Fsp3) is 0.345. The Hall–Kier alpha value is -4.45. The summed E-state index contributed by atoms with van der Waals surface area (Å²) in [7, 11) is 8.57. The Morgan fingerprint density at radius 2 is 1.76 bits per heavy atom. The summed E-state index contributed by atoms with van der Waals surface area (Å²) >= 11 is 0. The number of benzene rings is 2. The molecule has 1 aliphatic rings. The van der Waals surface area contributed by atoms with E-state index in [1.807, 2.05) is 18.2 Å². The van der Waals surface area contributed by atoms with Crippen LogP contribution in [0.25, 0.3) is 10.9 Å². The minimum Gasteiger partial charge on any atom is -0.494 e. The smallest absolute Gasteiger partial charge is 0.262 e. The number of ether oxygens (including phenoxy) is 2. The van der Waals surface area contributed by atoms with Gasteiger partial charge in [0, 0.05) is 76.2 Å². The molecule has 1 amide bonds. The van der Waals surface area contributed by atoms with Gasteiger partial charge in [0.05, 0.1) is 18.3 Å². The van der Waals surface area contributed by atoms with Crippen molar-refractivity contribution in [3.8, 4) is 17.4 Å². The Labute approximate surface area is 237 Å². The standard InChI is InChI=1S/C29H33F2N7O3/c1-17-13-19-25(31)23(15-20(30)26(19)34-17)41-28-24(29(39)35(2)3)27(32-16-33-28)37(5)21-8-7-18(14-22(21)40-6)38-11-9-36(4)10-12-38/h7-8,13-16,34H,9-12H2,1-6H3. The molecule has 3 heterocycles. The SMILES string of the molecule is COc1cc(N2CCN(C)CC2)ccc1N(C)c1ncnc(Oc2cc(F)c3[nH]c(C)cc3c2F)c1C(=O)N(C)C. The van der Waals surface area contributed by atoms with Gasteiger partial charge in [-0.2, -0.15) is 0 Å². The van der Waals surface area contributed by atoms with Gasteiger partial charge < -0.3 is 34.1 Å². The van der Waals surface area contributed by atoms with Gasteiger partial charge in [-0.15, -0.1) is 0 Å². The number of rotatable bonds is 7. The third-order valence-corrected chi connectivity index (χ3v) is 7.23. The van der Waals surface area contributed by atoms with Crippen molar-refractivity contribution in [3.63, 3.8) is 0 Å². The highest BCUT2D eigenvalue weighted by Gasteiger charge is 2.28. The van der Waals surface area contributed by atoms with Crippen molar-refractivity contribution in [1.29, 1.82) is 0 Å². The Morgan fingerprint density at radius 1 is 1.02 bits per heavy atom. The van der Waals surface area contributed by atoms with Crippen LogP contribution in [0, 0.1) is 18.6 Å². The van der Waals surface area contributed by atoms with E-state index in [1.54, 1.807) is 40.1 Å². The number of methoxy groups -OCH3 is 1. The van der Waals surface area contributed by atoms with Crippen molar-refractivity contribution in [2.75, 3.05) is 71.3 Å². The van der Waals surface area contributed by atoms with Crippen LogP contribution in [-0.4, -0.2) is 92.1 Å². The summed E-state index contributed by atoms with van der Waals surface area (Å²) in [5.74, 6) is -1.77. The molecule has 0 aliphatic carbocycles. The zero-order chi connectivity index (χ0) is 29.4. The summed E-state index contributed by atoms with van der Waals surface area (Å²) in [6.45, 7) is 5.42. The first-order chi connectivity index (χ1) is 19.6. The van der Waals surface area contributed by atoms with Crippen LogP contribution in [0.5, 0.6) is 17.4 Å². The molecule has 41 heavy (non-hydrogen) atoms. The Bertz CT molecular complexity index is 1600. The van der Waals surface area contributed by atoms with Crippen LogP contribution in [0.3, 0.4) is 0 Å². The number of amides is 1. The van der Waals surface area contributed by atoms with Crippen molar-refractivity contribution >= 4 is 34.0 Å². The number of aromatic nitrogens is 3. The zero-order valence-electron chi connectivity index (χ0n) is 24.0. The third-order valence-electron chi connectivity index (χ3n) is 7.23. The van der Waals surface area contributed by atoms with E-state index in [4.69, 9.17) is 9.47 Å². The van der Waals surface area contributed by atoms with Gasteiger partial charge in [0.1, 0.15) is 17.6 Å². The maximum absolute atomic E-state index is 15.4. The molecule has 0 radical (unpaired) electrons. The zero-order valence-corrected chi connectivity index (χ0v) is 24.0. The normalized spacial score (nSPS) is 13.9. The van der Waals surface area contributed by atoms with E-state index in [0.717, 1.165) is 37.9 Å². The monoisotopic (exact) mass is 565 g/mol. The summed E-state index contributed by atoms with van der Waals surface area (Å²) in [6.07, 6.45) is 1.21. The number of carbonyl (C=O) groups excluding carboxylic acids is 1. The molecule has 2 aromatic carbocycles. The molecule has 4 aromatic rings. The highest BCUT2D eigenvalue weighted by atomic mass is 19.1. The summed E-state index contributed by atoms with van der Waals surface area (Å²) in [5.41, 5.74) is 2.28. The summed E-state index contributed by atoms with van der Waals surface area (Å²) < 4.78 is 41.8. The molecular weight excluding hydrogens is 532 g/mol. The molecule has 1 aliphatic heterocycles. The third kappa shape index (κ3) is 5.34. The van der Waals surface area contributed by atoms with Gasteiger partial charge in [0.2, 0.25) is 5.88 Å². The van der Waals surface area contributed by atoms with E-state index in [9.17, 15) is 9.18 Å². The molecule has 0 saturated carbocycles. The minimum absolute atomic E-state index is 0.0182. The molecule has 0 unspecified atom stereocenters. The lowest BCUT2D eigenvalue weighted by Crippen LogP contribution is -2.44. The highest BCUT2D eigenvalue weighted by Crippen LogP contribution is 2.40. The van der Waals surface area contributed by atoms with Gasteiger partial charge in [-0.05, 0) is 32.2 Å². The van der Waals surface area contributed by atoms with Crippen molar-refractivity contribution in [2.24, 2.45) is 0 Å². The van der Waals surface area contributed by atoms with E-state index in [-0.39, 0.29) is 28.2 Å². The van der Waals surface area contributed by atoms with Gasteiger partial charge in [0.25, 0.3) is 5.91 Å². The number of anilines is 3. The molecule has 0 atom stereocenters. The van der Waals surface area contributed by atoms with Crippen LogP contribution < -0.4 is 19.3 Å². The first-order valence-corrected chi connectivity index (χ1v) is 13.2. The number of piperazine rings is 1. The van der Waals surface area contributed by atoms with Gasteiger partial charge in [-0.1, -0.05) is 0 Å². The second-order valence-corrected chi connectivity index (χ2v) is 10.3. The number of halogens is 2. The average molecular weight is 566 g/mol. The topological polar surface area (TPSA) is 90.1 Å². The van der Waals surface area contributed by atoms with Crippen LogP contribution >= 0.6 is 0 Å². The van der Waals surface area contributed by atoms with E-state index in [0.29, 0.717) is 17.1 Å². The average Bonchev–Trinajstić information content (AvgIpc) is 3.37. The predicted molar refractivity (Wildman–Crippen MR) is 154 cm³/mol. The Kier molecular flexibility index (Phi) is 7.68. The number of hydrogen-bond acceptors (Lipinski definition) is 8. The predicted octanol–water partition coefficient (Wildman–Crippen LogP) is 4.57. The largest absolute Gasteiger partial charge is 0.494 e. The second-order valence-electron chi connectivity index (χ2n) is 10.3. The lowest BCUT2D eigenvalue weighted by molar-refractivity contribution is 0.0824. The molecule has 2 aromatic heterocycles. The number of H-pyrrole nitrogens is 1. The molecule has 1 saturated heterocycles. The lowest BCUT2D eigenvalue weighted by atomic mass is 10.1. The van der Waals surface area contributed by atoms with Crippen LogP contribution in [0.15, 0.2) is 36.7 Å². The van der Waals surface area contributed by atoms with Crippen molar-refractivity contribution in [1.82, 2.24) is 24.8 Å². The van der Waals surface area contributed by atoms with Gasteiger partial charge in [-0.25, -0.2) is 18.7 Å². The van der Waals surface area contributed by atoms with Gasteiger partial charge in [-0.3, -0.25) is 4.79 Å². The maximum Gasteiger partial charge on any atom is 0.262 e. The number of nitrogens with zero attached hydrogens (tertiary/aromatic N) is 6. The Morgan fingerprint density at radius 3 is 2.44 bits per heavy atom. The quantitative estimate of drug-likeness (QED) is 0.349. The van der Waals surface area contributed by atoms with Crippen molar-refractivity contribution in [3.05, 3.63) is 59.6 Å². The number of fused-ring (bicyclic) bond motifs is 1. The number of aromatic amines is 1. The molecular formula is C29H33F2N7O3. The summed E-state index contributed by atoms with van der Waals surface area (Å²) in [4.78, 5) is 32.4. The molecule has 10 nitrogen and oxygen atoms in total. The number of hydrogen-bond donors (Lipinski definition) is 1. The molecule has 216 valence electrons. The lowest BCUT2D eigenvalue weighted by Gasteiger charge is -2.34.